The lowest BCUT2D eigenvalue weighted by Crippen LogP contribution is -2.33. The summed E-state index contributed by atoms with van der Waals surface area (Å²) in [6.07, 6.45) is 12.5. The van der Waals surface area contributed by atoms with Gasteiger partial charge in [0, 0.05) is 6.20 Å². The van der Waals surface area contributed by atoms with E-state index in [0.29, 0.717) is 11.7 Å². The summed E-state index contributed by atoms with van der Waals surface area (Å²) in [4.78, 5) is 26.7. The molecule has 0 atom stereocenters. The second-order valence-electron chi connectivity index (χ2n) is 7.80. The van der Waals surface area contributed by atoms with Gasteiger partial charge in [0.2, 0.25) is 0 Å². The number of anilines is 1. The molecule has 7 heteroatoms. The predicted octanol–water partition coefficient (Wildman–Crippen LogP) is 4.56. The van der Waals surface area contributed by atoms with E-state index in [1.54, 1.807) is 6.07 Å². The minimum atomic E-state index is -0.393. The first kappa shape index (κ1) is 19.6. The van der Waals surface area contributed by atoms with Gasteiger partial charge in [-0.3, -0.25) is 4.79 Å². The molecule has 1 saturated heterocycles. The number of oxazole rings is 1. The number of amides is 1. The highest BCUT2D eigenvalue weighted by Gasteiger charge is 2.23. The van der Waals surface area contributed by atoms with Crippen molar-refractivity contribution >= 4 is 22.8 Å². The van der Waals surface area contributed by atoms with Gasteiger partial charge in [0.05, 0.1) is 17.2 Å². The zero-order valence-electron chi connectivity index (χ0n) is 17.0. The number of nitrogens with zero attached hydrogens (tertiary/aromatic N) is 3. The second-order valence-corrected chi connectivity index (χ2v) is 7.80. The van der Waals surface area contributed by atoms with Crippen molar-refractivity contribution in [3.63, 3.8) is 0 Å². The summed E-state index contributed by atoms with van der Waals surface area (Å²) in [5.74, 6) is 0.651. The van der Waals surface area contributed by atoms with Crippen LogP contribution in [0.5, 0.6) is 0 Å². The number of unbranched alkanes of at least 4 members (excludes halogenated alkanes) is 3. The van der Waals surface area contributed by atoms with E-state index >= 15 is 0 Å². The zero-order chi connectivity index (χ0) is 20.1. The first-order chi connectivity index (χ1) is 14.2. The fourth-order valence-corrected chi connectivity index (χ4v) is 4.14. The molecule has 4 rings (SSSR count). The molecule has 0 unspecified atom stereocenters. The number of hydrogen-bond donors (Lipinski definition) is 2. The van der Waals surface area contributed by atoms with Crippen LogP contribution in [0.4, 0.5) is 5.82 Å². The third-order valence-corrected chi connectivity index (χ3v) is 5.78. The van der Waals surface area contributed by atoms with Crippen molar-refractivity contribution in [1.82, 2.24) is 19.9 Å². The van der Waals surface area contributed by atoms with E-state index in [4.69, 9.17) is 9.40 Å². The molecule has 0 saturated carbocycles. The maximum atomic E-state index is 12.2. The van der Waals surface area contributed by atoms with Crippen LogP contribution in [-0.4, -0.2) is 45.4 Å². The molecule has 0 bridgehead atoms. The van der Waals surface area contributed by atoms with Crippen LogP contribution in [0, 0.1) is 0 Å². The quantitative estimate of drug-likeness (QED) is 0.546. The third kappa shape index (κ3) is 4.67. The molecular weight excluding hydrogens is 366 g/mol. The van der Waals surface area contributed by atoms with Crippen molar-refractivity contribution in [2.45, 2.75) is 51.4 Å². The number of carbonyl (C=O) groups excluding carboxylic acids is 1. The van der Waals surface area contributed by atoms with Crippen molar-refractivity contribution in [1.29, 1.82) is 0 Å². The van der Waals surface area contributed by atoms with Gasteiger partial charge < -0.3 is 19.6 Å². The lowest BCUT2D eigenvalue weighted by atomic mass is 9.90. The summed E-state index contributed by atoms with van der Waals surface area (Å²) >= 11 is 0. The molecule has 29 heavy (non-hydrogen) atoms. The molecule has 1 fully saturated rings. The summed E-state index contributed by atoms with van der Waals surface area (Å²) in [7, 11) is 0. The summed E-state index contributed by atoms with van der Waals surface area (Å²) in [5.41, 5.74) is 3.19. The van der Waals surface area contributed by atoms with Gasteiger partial charge in [0.25, 0.3) is 5.89 Å². The molecule has 2 N–H and O–H groups in total. The number of pyridine rings is 1. The Balaban J connectivity index is 1.40. The van der Waals surface area contributed by atoms with Gasteiger partial charge in [-0.05, 0) is 62.5 Å². The second kappa shape index (κ2) is 9.22. The minimum absolute atomic E-state index is 0.0347. The molecule has 154 valence electrons. The third-order valence-electron chi connectivity index (χ3n) is 5.78. The number of rotatable bonds is 8. The molecule has 1 aliphatic heterocycles. The van der Waals surface area contributed by atoms with Crippen molar-refractivity contribution in [3.05, 3.63) is 42.2 Å². The standard InChI is InChI=1S/C22H29N5O2/c1-2-3-4-5-11-27-12-8-16(9-13-27)17-15-24-18-6-7-19(25-20(17)18)26-21(28)22-23-10-14-29-22/h6-7,10,14-16,24H,2-5,8-9,11-13H2,1H3,(H,25,26,28). The van der Waals surface area contributed by atoms with Crippen LogP contribution in [0.1, 0.15) is 67.6 Å². The number of piperidine rings is 1. The number of aromatic nitrogens is 3. The van der Waals surface area contributed by atoms with E-state index in [-0.39, 0.29) is 5.89 Å². The number of likely N-dealkylation sites (tertiary alicyclic amines) is 1. The van der Waals surface area contributed by atoms with E-state index in [0.717, 1.165) is 37.0 Å². The lowest BCUT2D eigenvalue weighted by Gasteiger charge is -2.31. The van der Waals surface area contributed by atoms with Crippen molar-refractivity contribution in [2.75, 3.05) is 25.0 Å². The fourth-order valence-electron chi connectivity index (χ4n) is 4.14. The first-order valence-electron chi connectivity index (χ1n) is 10.7. The number of hydrogen-bond acceptors (Lipinski definition) is 5. The van der Waals surface area contributed by atoms with Gasteiger partial charge in [-0.2, -0.15) is 0 Å². The van der Waals surface area contributed by atoms with Crippen LogP contribution in [-0.2, 0) is 0 Å². The normalized spacial score (nSPS) is 15.8. The van der Waals surface area contributed by atoms with Gasteiger partial charge >= 0.3 is 5.91 Å². The van der Waals surface area contributed by atoms with Gasteiger partial charge in [-0.15, -0.1) is 0 Å². The molecule has 0 spiro atoms. The Morgan fingerprint density at radius 3 is 2.90 bits per heavy atom. The molecule has 7 nitrogen and oxygen atoms in total. The number of aromatic amines is 1. The van der Waals surface area contributed by atoms with E-state index in [1.807, 2.05) is 6.07 Å². The molecular formula is C22H29N5O2. The highest BCUT2D eigenvalue weighted by atomic mass is 16.3. The van der Waals surface area contributed by atoms with Crippen LogP contribution in [0.15, 0.2) is 35.2 Å². The van der Waals surface area contributed by atoms with Gasteiger partial charge in [0.1, 0.15) is 12.1 Å². The number of H-pyrrole nitrogens is 1. The summed E-state index contributed by atoms with van der Waals surface area (Å²) < 4.78 is 5.05. The van der Waals surface area contributed by atoms with Gasteiger partial charge in [-0.1, -0.05) is 26.2 Å². The SMILES string of the molecule is CCCCCCN1CCC(c2c[nH]c3ccc(NC(=O)c4ncco4)nc23)CC1. The molecule has 1 amide bonds. The molecule has 3 aromatic heterocycles. The van der Waals surface area contributed by atoms with Crippen LogP contribution in [0.3, 0.4) is 0 Å². The van der Waals surface area contributed by atoms with Crippen LogP contribution in [0.25, 0.3) is 11.0 Å². The van der Waals surface area contributed by atoms with Crippen molar-refractivity contribution in [3.8, 4) is 0 Å². The van der Waals surface area contributed by atoms with Gasteiger partial charge in [0.15, 0.2) is 0 Å². The Labute approximate surface area is 170 Å². The highest BCUT2D eigenvalue weighted by molar-refractivity contribution is 6.00. The Morgan fingerprint density at radius 1 is 1.28 bits per heavy atom. The predicted molar refractivity (Wildman–Crippen MR) is 113 cm³/mol. The Kier molecular flexibility index (Phi) is 6.24. The molecule has 4 heterocycles. The van der Waals surface area contributed by atoms with Crippen molar-refractivity contribution in [2.24, 2.45) is 0 Å². The van der Waals surface area contributed by atoms with Crippen molar-refractivity contribution < 1.29 is 9.21 Å². The maximum absolute atomic E-state index is 12.2. The van der Waals surface area contributed by atoms with Crippen LogP contribution < -0.4 is 5.32 Å². The summed E-state index contributed by atoms with van der Waals surface area (Å²) in [6, 6.07) is 3.75. The van der Waals surface area contributed by atoms with E-state index in [9.17, 15) is 4.79 Å². The average Bonchev–Trinajstić information content (AvgIpc) is 3.42. The zero-order valence-corrected chi connectivity index (χ0v) is 17.0. The smallest absolute Gasteiger partial charge is 0.312 e. The molecule has 0 aromatic carbocycles. The summed E-state index contributed by atoms with van der Waals surface area (Å²) in [5, 5.41) is 2.77. The van der Waals surface area contributed by atoms with Crippen LogP contribution in [0.2, 0.25) is 0 Å². The Bertz CT molecular complexity index is 926. The van der Waals surface area contributed by atoms with E-state index in [2.05, 4.69) is 33.3 Å². The molecule has 3 aromatic rings. The number of nitrogens with one attached hydrogen (secondary N) is 2. The van der Waals surface area contributed by atoms with E-state index < -0.39 is 5.91 Å². The Morgan fingerprint density at radius 2 is 2.14 bits per heavy atom. The monoisotopic (exact) mass is 395 g/mol. The molecule has 0 radical (unpaired) electrons. The fraction of sp³-hybridized carbons (Fsp3) is 0.500. The Hall–Kier alpha value is -2.67. The minimum Gasteiger partial charge on any atom is -0.441 e. The molecule has 1 aliphatic rings. The summed E-state index contributed by atoms with van der Waals surface area (Å²) in [6.45, 7) is 5.76. The number of carbonyl (C=O) groups is 1. The molecule has 0 aliphatic carbocycles. The first-order valence-corrected chi connectivity index (χ1v) is 10.7. The van der Waals surface area contributed by atoms with Gasteiger partial charge in [-0.25, -0.2) is 9.97 Å². The van der Waals surface area contributed by atoms with E-state index in [1.165, 1.54) is 50.3 Å². The van der Waals surface area contributed by atoms with Crippen LogP contribution >= 0.6 is 0 Å². The lowest BCUT2D eigenvalue weighted by molar-refractivity contribution is 0.0990. The topological polar surface area (TPSA) is 87.0 Å². The average molecular weight is 396 g/mol. The largest absolute Gasteiger partial charge is 0.441 e. The highest BCUT2D eigenvalue weighted by Crippen LogP contribution is 2.33. The number of fused-ring (bicyclic) bond motifs is 1. The maximum Gasteiger partial charge on any atom is 0.312 e.